The van der Waals surface area contributed by atoms with Gasteiger partial charge in [0, 0.05) is 16.4 Å². The highest BCUT2D eigenvalue weighted by molar-refractivity contribution is 9.10. The Kier molecular flexibility index (Phi) is 5.50. The Hall–Kier alpha value is -2.18. The van der Waals surface area contributed by atoms with Gasteiger partial charge in [0.1, 0.15) is 0 Å². The third kappa shape index (κ3) is 4.90. The Morgan fingerprint density at radius 1 is 1.12 bits per heavy atom. The number of hydrogen-bond donors (Lipinski definition) is 2. The molecule has 1 aromatic heterocycles. The molecule has 0 bridgehead atoms. The monoisotopic (exact) mass is 414 g/mol. The highest BCUT2D eigenvalue weighted by Crippen LogP contribution is 2.17. The summed E-state index contributed by atoms with van der Waals surface area (Å²) in [6.45, 7) is 4.83. The fraction of sp³-hybridized carbons (Fsp3) is 0.158. The first-order valence-electron chi connectivity index (χ1n) is 7.92. The minimum absolute atomic E-state index is 0.553. The maximum absolute atomic E-state index is 5.41. The predicted molar refractivity (Wildman–Crippen MR) is 111 cm³/mol. The first-order valence-corrected chi connectivity index (χ1v) is 9.12. The molecule has 0 spiro atoms. The molecule has 0 saturated carbocycles. The molecule has 0 radical (unpaired) electrons. The first-order chi connectivity index (χ1) is 12.0. The molecule has 0 saturated heterocycles. The molecule has 0 fully saturated rings. The van der Waals surface area contributed by atoms with Crippen LogP contribution in [0.2, 0.25) is 0 Å². The van der Waals surface area contributed by atoms with Crippen LogP contribution in [0.15, 0.2) is 59.3 Å². The maximum Gasteiger partial charge on any atom is 0.175 e. The van der Waals surface area contributed by atoms with Gasteiger partial charge in [0.2, 0.25) is 0 Å². The molecule has 4 nitrogen and oxygen atoms in total. The SMILES string of the molecule is Cc1ccc(C)c(NC(=S)Nc2cnn(Cc3ccc(Br)cc3)c2)c1. The minimum Gasteiger partial charge on any atom is -0.332 e. The third-order valence-electron chi connectivity index (χ3n) is 3.79. The van der Waals surface area contributed by atoms with Crippen molar-refractivity contribution in [3.05, 3.63) is 76.0 Å². The standard InChI is InChI=1S/C19H19BrN4S/c1-13-3-4-14(2)18(9-13)23-19(25)22-17-10-21-24(12-17)11-15-5-7-16(20)8-6-15/h3-10,12H,11H2,1-2H3,(H2,22,23,25). The predicted octanol–water partition coefficient (Wildman–Crippen LogP) is 5.12. The number of benzene rings is 2. The Balaban J connectivity index is 1.61. The summed E-state index contributed by atoms with van der Waals surface area (Å²) >= 11 is 8.85. The molecule has 25 heavy (non-hydrogen) atoms. The first kappa shape index (κ1) is 17.6. The maximum atomic E-state index is 5.41. The van der Waals surface area contributed by atoms with Crippen LogP contribution in [0.25, 0.3) is 0 Å². The lowest BCUT2D eigenvalue weighted by atomic mass is 10.1. The summed E-state index contributed by atoms with van der Waals surface area (Å²) in [4.78, 5) is 0. The van der Waals surface area contributed by atoms with Gasteiger partial charge in [0.05, 0.1) is 18.4 Å². The molecular formula is C19H19BrN4S. The smallest absolute Gasteiger partial charge is 0.175 e. The van der Waals surface area contributed by atoms with E-state index in [4.69, 9.17) is 12.2 Å². The van der Waals surface area contributed by atoms with Gasteiger partial charge in [-0.15, -0.1) is 0 Å². The number of aryl methyl sites for hydroxylation is 2. The second-order valence-corrected chi connectivity index (χ2v) is 7.27. The summed E-state index contributed by atoms with van der Waals surface area (Å²) in [6.07, 6.45) is 3.72. The van der Waals surface area contributed by atoms with Gasteiger partial charge in [0.25, 0.3) is 0 Å². The molecular weight excluding hydrogens is 396 g/mol. The van der Waals surface area contributed by atoms with Crippen LogP contribution >= 0.6 is 28.1 Å². The van der Waals surface area contributed by atoms with Crippen molar-refractivity contribution in [2.75, 3.05) is 10.6 Å². The molecule has 0 aliphatic rings. The molecule has 0 aliphatic heterocycles. The zero-order valence-electron chi connectivity index (χ0n) is 14.1. The van der Waals surface area contributed by atoms with Gasteiger partial charge in [0.15, 0.2) is 5.11 Å². The molecule has 1 heterocycles. The van der Waals surface area contributed by atoms with Crippen LogP contribution in [0, 0.1) is 13.8 Å². The van der Waals surface area contributed by atoms with E-state index < -0.39 is 0 Å². The van der Waals surface area contributed by atoms with Crippen molar-refractivity contribution in [2.45, 2.75) is 20.4 Å². The van der Waals surface area contributed by atoms with E-state index in [1.54, 1.807) is 6.20 Å². The Morgan fingerprint density at radius 3 is 2.64 bits per heavy atom. The highest BCUT2D eigenvalue weighted by atomic mass is 79.9. The van der Waals surface area contributed by atoms with Gasteiger partial charge in [-0.05, 0) is 61.0 Å². The van der Waals surface area contributed by atoms with Crippen molar-refractivity contribution in [3.8, 4) is 0 Å². The molecule has 3 aromatic rings. The van der Waals surface area contributed by atoms with E-state index in [1.165, 1.54) is 11.1 Å². The van der Waals surface area contributed by atoms with E-state index in [1.807, 2.05) is 23.0 Å². The number of hydrogen-bond acceptors (Lipinski definition) is 2. The van der Waals surface area contributed by atoms with Gasteiger partial charge in [-0.1, -0.05) is 40.2 Å². The fourth-order valence-corrected chi connectivity index (χ4v) is 2.94. The van der Waals surface area contributed by atoms with Crippen LogP contribution in [0.3, 0.4) is 0 Å². The molecule has 6 heteroatoms. The molecule has 0 amide bonds. The molecule has 0 unspecified atom stereocenters. The molecule has 0 atom stereocenters. The third-order valence-corrected chi connectivity index (χ3v) is 4.52. The van der Waals surface area contributed by atoms with Crippen LogP contribution < -0.4 is 10.6 Å². The van der Waals surface area contributed by atoms with Crippen molar-refractivity contribution in [3.63, 3.8) is 0 Å². The summed E-state index contributed by atoms with van der Waals surface area (Å²) in [7, 11) is 0. The molecule has 3 rings (SSSR count). The van der Waals surface area contributed by atoms with E-state index in [2.05, 4.69) is 75.8 Å². The average molecular weight is 415 g/mol. The fourth-order valence-electron chi connectivity index (χ4n) is 2.45. The van der Waals surface area contributed by atoms with Crippen LogP contribution in [-0.4, -0.2) is 14.9 Å². The average Bonchev–Trinajstić information content (AvgIpc) is 3.00. The van der Waals surface area contributed by atoms with Crippen LogP contribution in [0.1, 0.15) is 16.7 Å². The quantitative estimate of drug-likeness (QED) is 0.581. The number of anilines is 2. The van der Waals surface area contributed by atoms with E-state index in [-0.39, 0.29) is 0 Å². The molecule has 128 valence electrons. The highest BCUT2D eigenvalue weighted by Gasteiger charge is 2.05. The van der Waals surface area contributed by atoms with Crippen LogP contribution in [-0.2, 0) is 6.54 Å². The van der Waals surface area contributed by atoms with E-state index in [9.17, 15) is 0 Å². The normalized spacial score (nSPS) is 10.5. The van der Waals surface area contributed by atoms with Crippen molar-refractivity contribution in [2.24, 2.45) is 0 Å². The number of aromatic nitrogens is 2. The van der Waals surface area contributed by atoms with Gasteiger partial charge in [-0.3, -0.25) is 4.68 Å². The zero-order valence-corrected chi connectivity index (χ0v) is 16.5. The summed E-state index contributed by atoms with van der Waals surface area (Å²) in [6, 6.07) is 14.5. The van der Waals surface area contributed by atoms with E-state index in [0.717, 1.165) is 21.4 Å². The Labute approximate surface area is 161 Å². The second kappa shape index (κ2) is 7.80. The number of thiocarbonyl (C=S) groups is 1. The number of nitrogens with one attached hydrogen (secondary N) is 2. The van der Waals surface area contributed by atoms with E-state index >= 15 is 0 Å². The summed E-state index contributed by atoms with van der Waals surface area (Å²) < 4.78 is 2.95. The summed E-state index contributed by atoms with van der Waals surface area (Å²) in [5.74, 6) is 0. The number of rotatable bonds is 4. The van der Waals surface area contributed by atoms with Crippen molar-refractivity contribution >= 4 is 44.6 Å². The van der Waals surface area contributed by atoms with Crippen LogP contribution in [0.5, 0.6) is 0 Å². The molecule has 2 N–H and O–H groups in total. The van der Waals surface area contributed by atoms with Crippen molar-refractivity contribution in [1.29, 1.82) is 0 Å². The van der Waals surface area contributed by atoms with Crippen LogP contribution in [0.4, 0.5) is 11.4 Å². The van der Waals surface area contributed by atoms with Gasteiger partial charge in [-0.2, -0.15) is 5.10 Å². The van der Waals surface area contributed by atoms with E-state index in [0.29, 0.717) is 11.7 Å². The zero-order chi connectivity index (χ0) is 17.8. The van der Waals surface area contributed by atoms with Gasteiger partial charge in [-0.25, -0.2) is 0 Å². The number of nitrogens with zero attached hydrogens (tertiary/aromatic N) is 2. The lowest BCUT2D eigenvalue weighted by Gasteiger charge is -2.12. The van der Waals surface area contributed by atoms with Gasteiger partial charge >= 0.3 is 0 Å². The van der Waals surface area contributed by atoms with Crippen molar-refractivity contribution < 1.29 is 0 Å². The lowest BCUT2D eigenvalue weighted by molar-refractivity contribution is 0.687. The van der Waals surface area contributed by atoms with Gasteiger partial charge < -0.3 is 10.6 Å². The summed E-state index contributed by atoms with van der Waals surface area (Å²) in [5.41, 5.74) is 5.41. The molecule has 2 aromatic carbocycles. The molecule has 0 aliphatic carbocycles. The minimum atomic E-state index is 0.553. The Morgan fingerprint density at radius 2 is 1.88 bits per heavy atom. The Bertz CT molecular complexity index is 887. The second-order valence-electron chi connectivity index (χ2n) is 5.95. The topological polar surface area (TPSA) is 41.9 Å². The number of halogens is 1. The lowest BCUT2D eigenvalue weighted by Crippen LogP contribution is -2.19. The van der Waals surface area contributed by atoms with Crippen molar-refractivity contribution in [1.82, 2.24) is 9.78 Å². The summed E-state index contributed by atoms with van der Waals surface area (Å²) in [5, 5.41) is 11.4. The largest absolute Gasteiger partial charge is 0.332 e.